The average molecular weight is 227 g/mol. The van der Waals surface area contributed by atoms with Gasteiger partial charge in [0.2, 0.25) is 0 Å². The number of aromatic nitrogens is 2. The summed E-state index contributed by atoms with van der Waals surface area (Å²) in [6.45, 7) is 2.65. The summed E-state index contributed by atoms with van der Waals surface area (Å²) < 4.78 is 10.1. The lowest BCUT2D eigenvalue weighted by Gasteiger charge is -2.05. The highest BCUT2D eigenvalue weighted by Gasteiger charge is 1.93. The number of nitrogens with zero attached hydrogens (tertiary/aromatic N) is 1. The Morgan fingerprint density at radius 1 is 1.44 bits per heavy atom. The molecule has 1 heterocycles. The van der Waals surface area contributed by atoms with E-state index in [0.29, 0.717) is 19.8 Å². The van der Waals surface area contributed by atoms with Crippen LogP contribution in [0.3, 0.4) is 0 Å². The van der Waals surface area contributed by atoms with E-state index in [2.05, 4.69) is 15.5 Å². The van der Waals surface area contributed by atoms with Crippen LogP contribution in [-0.4, -0.2) is 43.7 Å². The number of aromatic amines is 1. The van der Waals surface area contributed by atoms with Gasteiger partial charge in [-0.3, -0.25) is 4.79 Å². The molecular formula is C10H17N3O3. The van der Waals surface area contributed by atoms with Crippen LogP contribution in [0.5, 0.6) is 0 Å². The minimum absolute atomic E-state index is 0.207. The lowest BCUT2D eigenvalue weighted by Crippen LogP contribution is -2.11. The summed E-state index contributed by atoms with van der Waals surface area (Å²) in [5.74, 6) is 0. The molecule has 6 nitrogen and oxygen atoms in total. The van der Waals surface area contributed by atoms with Gasteiger partial charge in [0.05, 0.1) is 25.1 Å². The second-order valence-corrected chi connectivity index (χ2v) is 3.22. The van der Waals surface area contributed by atoms with Crippen molar-refractivity contribution in [3.05, 3.63) is 22.6 Å². The first kappa shape index (κ1) is 12.7. The Labute approximate surface area is 94.0 Å². The van der Waals surface area contributed by atoms with Crippen LogP contribution in [0.15, 0.2) is 17.1 Å². The highest BCUT2D eigenvalue weighted by molar-refractivity contribution is 5.38. The first-order chi connectivity index (χ1) is 7.83. The van der Waals surface area contributed by atoms with Crippen molar-refractivity contribution < 1.29 is 9.47 Å². The van der Waals surface area contributed by atoms with E-state index in [-0.39, 0.29) is 5.56 Å². The molecule has 0 saturated carbocycles. The molecule has 0 atom stereocenters. The third-order valence-corrected chi connectivity index (χ3v) is 1.89. The number of anilines is 1. The molecule has 90 valence electrons. The monoisotopic (exact) mass is 227 g/mol. The maximum Gasteiger partial charge on any atom is 0.266 e. The van der Waals surface area contributed by atoms with Gasteiger partial charge in [-0.2, -0.15) is 5.10 Å². The van der Waals surface area contributed by atoms with Crippen molar-refractivity contribution in [1.29, 1.82) is 0 Å². The van der Waals surface area contributed by atoms with E-state index in [9.17, 15) is 4.79 Å². The van der Waals surface area contributed by atoms with E-state index in [0.717, 1.165) is 18.7 Å². The number of methoxy groups -OCH3 is 1. The Balaban J connectivity index is 2.05. The normalized spacial score (nSPS) is 10.3. The molecule has 0 radical (unpaired) electrons. The first-order valence-electron chi connectivity index (χ1n) is 5.18. The fourth-order valence-corrected chi connectivity index (χ4v) is 1.12. The molecule has 0 bridgehead atoms. The fraction of sp³-hybridized carbons (Fsp3) is 0.600. The van der Waals surface area contributed by atoms with Crippen molar-refractivity contribution in [2.24, 2.45) is 0 Å². The van der Waals surface area contributed by atoms with Crippen molar-refractivity contribution in [2.45, 2.75) is 6.42 Å². The Morgan fingerprint density at radius 3 is 3.06 bits per heavy atom. The lowest BCUT2D eigenvalue weighted by atomic mass is 10.4. The minimum atomic E-state index is -0.207. The molecule has 0 aliphatic carbocycles. The van der Waals surface area contributed by atoms with Gasteiger partial charge in [-0.15, -0.1) is 0 Å². The maximum absolute atomic E-state index is 10.9. The van der Waals surface area contributed by atoms with Gasteiger partial charge in [0.1, 0.15) is 0 Å². The number of H-pyrrole nitrogens is 1. The van der Waals surface area contributed by atoms with E-state index >= 15 is 0 Å². The van der Waals surface area contributed by atoms with Crippen LogP contribution in [0.4, 0.5) is 5.69 Å². The number of ether oxygens (including phenoxy) is 2. The number of rotatable bonds is 8. The minimum Gasteiger partial charge on any atom is -0.383 e. The fourth-order valence-electron chi connectivity index (χ4n) is 1.12. The van der Waals surface area contributed by atoms with Gasteiger partial charge < -0.3 is 14.8 Å². The van der Waals surface area contributed by atoms with Crippen LogP contribution in [-0.2, 0) is 9.47 Å². The Kier molecular flexibility index (Phi) is 6.20. The summed E-state index contributed by atoms with van der Waals surface area (Å²) in [6.07, 6.45) is 2.45. The molecule has 0 aliphatic rings. The van der Waals surface area contributed by atoms with Crippen LogP contribution in [0.1, 0.15) is 6.42 Å². The Bertz CT molecular complexity index is 340. The zero-order valence-corrected chi connectivity index (χ0v) is 9.36. The van der Waals surface area contributed by atoms with E-state index in [1.807, 2.05) is 0 Å². The van der Waals surface area contributed by atoms with Gasteiger partial charge >= 0.3 is 0 Å². The van der Waals surface area contributed by atoms with Gasteiger partial charge in [0, 0.05) is 26.3 Å². The molecule has 0 spiro atoms. The topological polar surface area (TPSA) is 76.2 Å². The highest BCUT2D eigenvalue weighted by atomic mass is 16.5. The van der Waals surface area contributed by atoms with Crippen molar-refractivity contribution in [3.63, 3.8) is 0 Å². The quantitative estimate of drug-likeness (QED) is 0.622. The van der Waals surface area contributed by atoms with Crippen LogP contribution in [0.25, 0.3) is 0 Å². The summed E-state index contributed by atoms with van der Waals surface area (Å²) in [6, 6.07) is 1.47. The summed E-state index contributed by atoms with van der Waals surface area (Å²) in [7, 11) is 1.64. The van der Waals surface area contributed by atoms with Gasteiger partial charge in [-0.1, -0.05) is 0 Å². The average Bonchev–Trinajstić information content (AvgIpc) is 2.28. The van der Waals surface area contributed by atoms with E-state index in [1.165, 1.54) is 6.07 Å². The van der Waals surface area contributed by atoms with Crippen LogP contribution < -0.4 is 10.9 Å². The van der Waals surface area contributed by atoms with Crippen molar-refractivity contribution >= 4 is 5.69 Å². The molecule has 0 fully saturated rings. The van der Waals surface area contributed by atoms with Crippen molar-refractivity contribution in [2.75, 3.05) is 38.8 Å². The van der Waals surface area contributed by atoms with Crippen molar-refractivity contribution in [1.82, 2.24) is 10.2 Å². The van der Waals surface area contributed by atoms with Crippen molar-refractivity contribution in [3.8, 4) is 0 Å². The molecule has 0 unspecified atom stereocenters. The number of hydrogen-bond acceptors (Lipinski definition) is 5. The second kappa shape index (κ2) is 7.84. The van der Waals surface area contributed by atoms with Gasteiger partial charge in [0.25, 0.3) is 5.56 Å². The largest absolute Gasteiger partial charge is 0.383 e. The predicted molar refractivity (Wildman–Crippen MR) is 60.7 cm³/mol. The summed E-state index contributed by atoms with van der Waals surface area (Å²) in [5, 5.41) is 9.07. The molecule has 0 saturated heterocycles. The van der Waals surface area contributed by atoms with Crippen LogP contribution >= 0.6 is 0 Å². The summed E-state index contributed by atoms with van der Waals surface area (Å²) >= 11 is 0. The molecule has 1 rings (SSSR count). The molecule has 0 aromatic carbocycles. The molecule has 1 aromatic rings. The second-order valence-electron chi connectivity index (χ2n) is 3.22. The third-order valence-electron chi connectivity index (χ3n) is 1.89. The molecular weight excluding hydrogens is 210 g/mol. The molecule has 6 heteroatoms. The summed E-state index contributed by atoms with van der Waals surface area (Å²) in [5.41, 5.74) is 0.516. The molecule has 0 aliphatic heterocycles. The van der Waals surface area contributed by atoms with Crippen LogP contribution in [0, 0.1) is 0 Å². The van der Waals surface area contributed by atoms with Gasteiger partial charge in [0.15, 0.2) is 0 Å². The Morgan fingerprint density at radius 2 is 2.31 bits per heavy atom. The molecule has 1 aromatic heterocycles. The smallest absolute Gasteiger partial charge is 0.266 e. The van der Waals surface area contributed by atoms with E-state index in [1.54, 1.807) is 13.3 Å². The molecule has 16 heavy (non-hydrogen) atoms. The van der Waals surface area contributed by atoms with E-state index in [4.69, 9.17) is 9.47 Å². The SMILES string of the molecule is COCCOCCCNc1cn[nH]c(=O)c1. The first-order valence-corrected chi connectivity index (χ1v) is 5.18. The van der Waals surface area contributed by atoms with Gasteiger partial charge in [-0.25, -0.2) is 5.10 Å². The standard InChI is InChI=1S/C10H17N3O3/c1-15-5-6-16-4-2-3-11-9-7-10(14)13-12-8-9/h7-8H,2-6H2,1H3,(H2,11,13,14). The number of nitrogens with one attached hydrogen (secondary N) is 2. The third kappa shape index (κ3) is 5.47. The lowest BCUT2D eigenvalue weighted by molar-refractivity contribution is 0.0705. The van der Waals surface area contributed by atoms with Gasteiger partial charge in [-0.05, 0) is 6.42 Å². The zero-order valence-electron chi connectivity index (χ0n) is 9.36. The summed E-state index contributed by atoms with van der Waals surface area (Å²) in [4.78, 5) is 10.9. The van der Waals surface area contributed by atoms with Crippen LogP contribution in [0.2, 0.25) is 0 Å². The highest BCUT2D eigenvalue weighted by Crippen LogP contribution is 1.98. The zero-order chi connectivity index (χ0) is 11.6. The predicted octanol–water partition coefficient (Wildman–Crippen LogP) is 0.235. The van der Waals surface area contributed by atoms with E-state index < -0.39 is 0 Å². The molecule has 0 amide bonds. The molecule has 2 N–H and O–H groups in total. The Hall–Kier alpha value is -1.40. The maximum atomic E-state index is 10.9. The number of hydrogen-bond donors (Lipinski definition) is 2.